The van der Waals surface area contributed by atoms with E-state index in [1.54, 1.807) is 0 Å². The summed E-state index contributed by atoms with van der Waals surface area (Å²) in [7, 11) is 2.06. The Morgan fingerprint density at radius 2 is 1.57 bits per heavy atom. The molecule has 4 nitrogen and oxygen atoms in total. The molecule has 2 heterocycles. The summed E-state index contributed by atoms with van der Waals surface area (Å²) in [5.41, 5.74) is 2.42. The second kappa shape index (κ2) is 6.57. The molecule has 112 valence electrons. The molecule has 0 aliphatic rings. The molecule has 0 atom stereocenters. The van der Waals surface area contributed by atoms with Crippen LogP contribution in [0.3, 0.4) is 0 Å². The van der Waals surface area contributed by atoms with Crippen molar-refractivity contribution in [3.63, 3.8) is 0 Å². The van der Waals surface area contributed by atoms with Gasteiger partial charge in [0.1, 0.15) is 17.5 Å². The van der Waals surface area contributed by atoms with Gasteiger partial charge in [-0.15, -0.1) is 0 Å². The van der Waals surface area contributed by atoms with Crippen molar-refractivity contribution in [1.29, 1.82) is 0 Å². The molecular weight excluding hydrogens is 260 g/mol. The van der Waals surface area contributed by atoms with Crippen LogP contribution in [-0.2, 0) is 0 Å². The fourth-order valence-electron chi connectivity index (χ4n) is 2.24. The average molecular weight is 284 g/mol. The fourth-order valence-corrected chi connectivity index (χ4v) is 2.24. The number of nitrogens with zero attached hydrogens (tertiary/aromatic N) is 4. The molecule has 0 aliphatic carbocycles. The van der Waals surface area contributed by atoms with Crippen LogP contribution < -0.4 is 9.80 Å². The van der Waals surface area contributed by atoms with Crippen molar-refractivity contribution < 1.29 is 0 Å². The van der Waals surface area contributed by atoms with Crippen molar-refractivity contribution in [2.24, 2.45) is 0 Å². The minimum atomic E-state index is 0.836. The van der Waals surface area contributed by atoms with Gasteiger partial charge in [-0.25, -0.2) is 9.97 Å². The van der Waals surface area contributed by atoms with Gasteiger partial charge < -0.3 is 9.80 Å². The third-order valence-electron chi connectivity index (χ3n) is 3.58. The number of hydrogen-bond donors (Lipinski definition) is 0. The van der Waals surface area contributed by atoms with Crippen LogP contribution in [-0.4, -0.2) is 30.1 Å². The number of aromatic nitrogens is 2. The van der Waals surface area contributed by atoms with E-state index in [-0.39, 0.29) is 0 Å². The molecule has 0 N–H and O–H groups in total. The maximum Gasteiger partial charge on any atom is 0.136 e. The van der Waals surface area contributed by atoms with E-state index in [1.807, 2.05) is 12.3 Å². The standard InChI is InChI=1S/C17H24N4/c1-6-20(5)16-11-14(4)12-17(19-16)21(7-2)15-10-13(3)8-9-18-15/h8-12H,6-7H2,1-5H3. The van der Waals surface area contributed by atoms with Crippen molar-refractivity contribution in [3.05, 3.63) is 41.6 Å². The molecule has 0 saturated heterocycles. The first-order valence-electron chi connectivity index (χ1n) is 7.45. The van der Waals surface area contributed by atoms with Crippen LogP contribution in [0.25, 0.3) is 0 Å². The molecule has 0 fully saturated rings. The van der Waals surface area contributed by atoms with Gasteiger partial charge in [-0.05, 0) is 63.1 Å². The van der Waals surface area contributed by atoms with Gasteiger partial charge in [-0.2, -0.15) is 0 Å². The second-order valence-electron chi connectivity index (χ2n) is 5.31. The third-order valence-corrected chi connectivity index (χ3v) is 3.58. The summed E-state index contributed by atoms with van der Waals surface area (Å²) in [5, 5.41) is 0. The number of pyridine rings is 2. The lowest BCUT2D eigenvalue weighted by molar-refractivity contribution is 0.911. The Balaban J connectivity index is 2.45. The van der Waals surface area contributed by atoms with Crippen LogP contribution in [0.15, 0.2) is 30.5 Å². The fraction of sp³-hybridized carbons (Fsp3) is 0.412. The largest absolute Gasteiger partial charge is 0.360 e. The van der Waals surface area contributed by atoms with Crippen molar-refractivity contribution in [1.82, 2.24) is 9.97 Å². The zero-order valence-corrected chi connectivity index (χ0v) is 13.6. The highest BCUT2D eigenvalue weighted by Crippen LogP contribution is 2.25. The molecule has 0 saturated carbocycles. The summed E-state index contributed by atoms with van der Waals surface area (Å²) in [5.74, 6) is 2.89. The molecule has 21 heavy (non-hydrogen) atoms. The smallest absolute Gasteiger partial charge is 0.136 e. The van der Waals surface area contributed by atoms with Crippen LogP contribution >= 0.6 is 0 Å². The highest BCUT2D eigenvalue weighted by Gasteiger charge is 2.13. The topological polar surface area (TPSA) is 32.3 Å². The van der Waals surface area contributed by atoms with Gasteiger partial charge in [0.05, 0.1) is 0 Å². The van der Waals surface area contributed by atoms with Gasteiger partial charge in [-0.3, -0.25) is 0 Å². The predicted octanol–water partition coefficient (Wildman–Crippen LogP) is 3.71. The summed E-state index contributed by atoms with van der Waals surface area (Å²) < 4.78 is 0. The van der Waals surface area contributed by atoms with Crippen LogP contribution in [0, 0.1) is 13.8 Å². The van der Waals surface area contributed by atoms with E-state index >= 15 is 0 Å². The normalized spacial score (nSPS) is 10.5. The molecule has 0 radical (unpaired) electrons. The maximum absolute atomic E-state index is 4.79. The lowest BCUT2D eigenvalue weighted by Gasteiger charge is -2.24. The van der Waals surface area contributed by atoms with Gasteiger partial charge in [-0.1, -0.05) is 0 Å². The molecule has 0 bridgehead atoms. The van der Waals surface area contributed by atoms with Crippen molar-refractivity contribution >= 4 is 17.5 Å². The Bertz CT molecular complexity index is 609. The Morgan fingerprint density at radius 1 is 0.905 bits per heavy atom. The van der Waals surface area contributed by atoms with Crippen molar-refractivity contribution in [2.45, 2.75) is 27.7 Å². The first-order chi connectivity index (χ1) is 10.0. The van der Waals surface area contributed by atoms with E-state index in [0.717, 1.165) is 30.5 Å². The number of anilines is 3. The van der Waals surface area contributed by atoms with E-state index in [0.29, 0.717) is 0 Å². The Morgan fingerprint density at radius 3 is 2.19 bits per heavy atom. The molecule has 2 aromatic rings. The van der Waals surface area contributed by atoms with E-state index in [2.05, 4.69) is 67.7 Å². The quantitative estimate of drug-likeness (QED) is 0.838. The van der Waals surface area contributed by atoms with Crippen molar-refractivity contribution in [2.75, 3.05) is 29.9 Å². The van der Waals surface area contributed by atoms with Gasteiger partial charge in [0.2, 0.25) is 0 Å². The minimum absolute atomic E-state index is 0.836. The first-order valence-corrected chi connectivity index (χ1v) is 7.45. The molecule has 4 heteroatoms. The maximum atomic E-state index is 4.79. The van der Waals surface area contributed by atoms with Crippen molar-refractivity contribution in [3.8, 4) is 0 Å². The van der Waals surface area contributed by atoms with Gasteiger partial charge >= 0.3 is 0 Å². The van der Waals surface area contributed by atoms with E-state index in [4.69, 9.17) is 4.98 Å². The summed E-state index contributed by atoms with van der Waals surface area (Å²) in [6.07, 6.45) is 1.85. The van der Waals surface area contributed by atoms with Gasteiger partial charge in [0.15, 0.2) is 0 Å². The molecule has 0 aromatic carbocycles. The SMILES string of the molecule is CCN(C)c1cc(C)cc(N(CC)c2cc(C)ccn2)n1. The second-order valence-corrected chi connectivity index (χ2v) is 5.31. The van der Waals surface area contributed by atoms with E-state index < -0.39 is 0 Å². The summed E-state index contributed by atoms with van der Waals surface area (Å²) in [6.45, 7) is 10.2. The predicted molar refractivity (Wildman–Crippen MR) is 89.6 cm³/mol. The first kappa shape index (κ1) is 15.3. The molecular formula is C17H24N4. The summed E-state index contributed by atoms with van der Waals surface area (Å²) in [4.78, 5) is 13.6. The van der Waals surface area contributed by atoms with Crippen LogP contribution in [0.2, 0.25) is 0 Å². The highest BCUT2D eigenvalue weighted by atomic mass is 15.3. The highest BCUT2D eigenvalue weighted by molar-refractivity contribution is 5.60. The summed E-state index contributed by atoms with van der Waals surface area (Å²) >= 11 is 0. The zero-order chi connectivity index (χ0) is 15.4. The lowest BCUT2D eigenvalue weighted by Crippen LogP contribution is -2.22. The van der Waals surface area contributed by atoms with Gasteiger partial charge in [0.25, 0.3) is 0 Å². The van der Waals surface area contributed by atoms with Gasteiger partial charge in [0, 0.05) is 26.3 Å². The number of rotatable bonds is 5. The summed E-state index contributed by atoms with van der Waals surface area (Å²) in [6, 6.07) is 8.33. The van der Waals surface area contributed by atoms with Crippen LogP contribution in [0.5, 0.6) is 0 Å². The monoisotopic (exact) mass is 284 g/mol. The number of aryl methyl sites for hydroxylation is 2. The number of hydrogen-bond acceptors (Lipinski definition) is 4. The molecule has 2 aromatic heterocycles. The molecule has 2 rings (SSSR count). The van der Waals surface area contributed by atoms with E-state index in [9.17, 15) is 0 Å². The average Bonchev–Trinajstić information content (AvgIpc) is 2.46. The molecule has 0 unspecified atom stereocenters. The van der Waals surface area contributed by atoms with E-state index in [1.165, 1.54) is 11.1 Å². The third kappa shape index (κ3) is 3.51. The molecule has 0 amide bonds. The Hall–Kier alpha value is -2.10. The Labute approximate surface area is 127 Å². The Kier molecular flexibility index (Phi) is 4.78. The van der Waals surface area contributed by atoms with Crippen LogP contribution in [0.1, 0.15) is 25.0 Å². The van der Waals surface area contributed by atoms with Crippen LogP contribution in [0.4, 0.5) is 17.5 Å². The lowest BCUT2D eigenvalue weighted by atomic mass is 10.2. The minimum Gasteiger partial charge on any atom is -0.360 e. The zero-order valence-electron chi connectivity index (χ0n) is 13.6. The molecule has 0 aliphatic heterocycles. The molecule has 0 spiro atoms.